The molecule has 156 valence electrons. The number of ether oxygens (including phenoxy) is 1. The van der Waals surface area contributed by atoms with Crippen LogP contribution < -0.4 is 4.74 Å². The smallest absolute Gasteiger partial charge is 0.163 e. The van der Waals surface area contributed by atoms with Gasteiger partial charge in [0.15, 0.2) is 5.82 Å². The van der Waals surface area contributed by atoms with Crippen molar-refractivity contribution < 1.29 is 4.74 Å². The molecular formula is C26H24ClN3O. The van der Waals surface area contributed by atoms with Gasteiger partial charge in [0, 0.05) is 17.6 Å². The second-order valence-electron chi connectivity index (χ2n) is 8.15. The van der Waals surface area contributed by atoms with E-state index < -0.39 is 0 Å². The van der Waals surface area contributed by atoms with E-state index in [0.29, 0.717) is 6.61 Å². The third kappa shape index (κ3) is 3.72. The van der Waals surface area contributed by atoms with Crippen LogP contribution in [0, 0.1) is 0 Å². The minimum absolute atomic E-state index is 0.0913. The van der Waals surface area contributed by atoms with Crippen LogP contribution >= 0.6 is 11.6 Å². The van der Waals surface area contributed by atoms with E-state index in [0.717, 1.165) is 46.4 Å². The first-order valence-electron chi connectivity index (χ1n) is 10.6. The summed E-state index contributed by atoms with van der Waals surface area (Å²) >= 11 is 6.12. The van der Waals surface area contributed by atoms with Crippen molar-refractivity contribution in [2.75, 3.05) is 0 Å². The Morgan fingerprint density at radius 1 is 0.935 bits per heavy atom. The average molecular weight is 430 g/mol. The summed E-state index contributed by atoms with van der Waals surface area (Å²) in [4.78, 5) is 0. The number of benzene rings is 3. The molecule has 4 aromatic rings. The van der Waals surface area contributed by atoms with Gasteiger partial charge in [-0.3, -0.25) is 0 Å². The molecule has 1 aliphatic carbocycles. The lowest BCUT2D eigenvalue weighted by Gasteiger charge is -2.41. The fraction of sp³-hybridized carbons (Fsp3) is 0.231. The normalized spacial score (nSPS) is 14.8. The monoisotopic (exact) mass is 429 g/mol. The van der Waals surface area contributed by atoms with Crippen molar-refractivity contribution in [1.82, 2.24) is 14.8 Å². The molecule has 5 heteroatoms. The molecule has 0 amide bonds. The van der Waals surface area contributed by atoms with Gasteiger partial charge in [-0.1, -0.05) is 72.6 Å². The summed E-state index contributed by atoms with van der Waals surface area (Å²) in [5, 5.41) is 9.97. The van der Waals surface area contributed by atoms with Crippen molar-refractivity contribution in [3.63, 3.8) is 0 Å². The zero-order valence-corrected chi connectivity index (χ0v) is 18.2. The highest BCUT2D eigenvalue weighted by Crippen LogP contribution is 2.48. The summed E-state index contributed by atoms with van der Waals surface area (Å²) in [6, 6.07) is 26.4. The van der Waals surface area contributed by atoms with Gasteiger partial charge in [0.2, 0.25) is 0 Å². The molecule has 1 aliphatic rings. The fourth-order valence-corrected chi connectivity index (χ4v) is 4.53. The maximum atomic E-state index is 6.12. The van der Waals surface area contributed by atoms with Crippen LogP contribution in [-0.2, 0) is 19.1 Å². The Balaban J connectivity index is 1.43. The predicted octanol–water partition coefficient (Wildman–Crippen LogP) is 6.18. The van der Waals surface area contributed by atoms with Crippen LogP contribution in [0.15, 0.2) is 78.9 Å². The van der Waals surface area contributed by atoms with Crippen molar-refractivity contribution >= 4 is 11.6 Å². The highest BCUT2D eigenvalue weighted by atomic mass is 35.5. The lowest BCUT2D eigenvalue weighted by atomic mass is 9.64. The number of hydrogen-bond acceptors (Lipinski definition) is 3. The first-order valence-corrected chi connectivity index (χ1v) is 11.0. The van der Waals surface area contributed by atoms with Crippen molar-refractivity contribution in [3.05, 3.63) is 101 Å². The van der Waals surface area contributed by atoms with Crippen LogP contribution in [0.4, 0.5) is 0 Å². The van der Waals surface area contributed by atoms with Gasteiger partial charge in [-0.25, -0.2) is 0 Å². The standard InChI is InChI=1S/C26H24ClN3O/c1-30-24(20-9-5-10-23(17-20)31-18-19-7-3-2-4-8-19)28-29-25(30)26(15-6-16-26)21-11-13-22(27)14-12-21/h2-5,7-14,17H,6,15-16,18H2,1H3. The molecule has 0 bridgehead atoms. The third-order valence-corrected chi connectivity index (χ3v) is 6.50. The largest absolute Gasteiger partial charge is 0.489 e. The lowest BCUT2D eigenvalue weighted by Crippen LogP contribution is -2.38. The molecule has 0 saturated heterocycles. The summed E-state index contributed by atoms with van der Waals surface area (Å²) in [7, 11) is 2.05. The number of rotatable bonds is 6. The molecule has 1 aromatic heterocycles. The maximum absolute atomic E-state index is 6.12. The van der Waals surface area contributed by atoms with E-state index in [1.54, 1.807) is 0 Å². The summed E-state index contributed by atoms with van der Waals surface area (Å²) in [5.41, 5.74) is 3.30. The molecule has 0 radical (unpaired) electrons. The summed E-state index contributed by atoms with van der Waals surface area (Å²) in [6.07, 6.45) is 3.33. The first kappa shape index (κ1) is 19.8. The number of hydrogen-bond donors (Lipinski definition) is 0. The van der Waals surface area contributed by atoms with E-state index in [1.807, 2.05) is 48.5 Å². The van der Waals surface area contributed by atoms with Crippen LogP contribution in [0.25, 0.3) is 11.4 Å². The predicted molar refractivity (Wildman–Crippen MR) is 123 cm³/mol. The van der Waals surface area contributed by atoms with E-state index in [9.17, 15) is 0 Å². The summed E-state index contributed by atoms with van der Waals surface area (Å²) < 4.78 is 8.14. The SMILES string of the molecule is Cn1c(-c2cccc(OCc3ccccc3)c2)nnc1C1(c2ccc(Cl)cc2)CCC1. The van der Waals surface area contributed by atoms with Gasteiger partial charge in [0.1, 0.15) is 18.2 Å². The molecule has 5 rings (SSSR count). The van der Waals surface area contributed by atoms with E-state index in [1.165, 1.54) is 12.0 Å². The Kier molecular flexibility index (Phi) is 5.24. The first-order chi connectivity index (χ1) is 15.2. The van der Waals surface area contributed by atoms with Gasteiger partial charge in [0.05, 0.1) is 5.41 Å². The number of nitrogens with zero attached hydrogens (tertiary/aromatic N) is 3. The van der Waals surface area contributed by atoms with Gasteiger partial charge in [-0.05, 0) is 48.2 Å². The molecular weight excluding hydrogens is 406 g/mol. The topological polar surface area (TPSA) is 39.9 Å². The van der Waals surface area contributed by atoms with E-state index >= 15 is 0 Å². The maximum Gasteiger partial charge on any atom is 0.163 e. The van der Waals surface area contributed by atoms with E-state index in [4.69, 9.17) is 16.3 Å². The summed E-state index contributed by atoms with van der Waals surface area (Å²) in [5.74, 6) is 2.68. The second-order valence-corrected chi connectivity index (χ2v) is 8.59. The number of aromatic nitrogens is 3. The highest BCUT2D eigenvalue weighted by Gasteiger charge is 2.44. The van der Waals surface area contributed by atoms with Crippen molar-refractivity contribution in [2.45, 2.75) is 31.3 Å². The minimum Gasteiger partial charge on any atom is -0.489 e. The molecule has 3 aromatic carbocycles. The van der Waals surface area contributed by atoms with Crippen molar-refractivity contribution in [2.24, 2.45) is 7.05 Å². The fourth-order valence-electron chi connectivity index (χ4n) is 4.40. The Bertz CT molecular complexity index is 1180. The Labute approximate surface area is 187 Å². The molecule has 0 atom stereocenters. The lowest BCUT2D eigenvalue weighted by molar-refractivity contribution is 0.278. The van der Waals surface area contributed by atoms with Gasteiger partial charge >= 0.3 is 0 Å². The van der Waals surface area contributed by atoms with Crippen molar-refractivity contribution in [3.8, 4) is 17.1 Å². The van der Waals surface area contributed by atoms with Crippen LogP contribution in [0.1, 0.15) is 36.2 Å². The van der Waals surface area contributed by atoms with Crippen LogP contribution in [-0.4, -0.2) is 14.8 Å². The molecule has 1 saturated carbocycles. The molecule has 31 heavy (non-hydrogen) atoms. The molecule has 0 spiro atoms. The molecule has 0 aliphatic heterocycles. The molecule has 0 unspecified atom stereocenters. The van der Waals surface area contributed by atoms with E-state index in [-0.39, 0.29) is 5.41 Å². The molecule has 1 heterocycles. The van der Waals surface area contributed by atoms with Crippen LogP contribution in [0.5, 0.6) is 5.75 Å². The van der Waals surface area contributed by atoms with Gasteiger partial charge in [-0.15, -0.1) is 10.2 Å². The quantitative estimate of drug-likeness (QED) is 0.367. The molecule has 4 nitrogen and oxygen atoms in total. The van der Waals surface area contributed by atoms with Crippen LogP contribution in [0.2, 0.25) is 5.02 Å². The van der Waals surface area contributed by atoms with Gasteiger partial charge < -0.3 is 9.30 Å². The Morgan fingerprint density at radius 2 is 1.71 bits per heavy atom. The number of halogens is 1. The Hall–Kier alpha value is -3.11. The minimum atomic E-state index is -0.0913. The molecule has 0 N–H and O–H groups in total. The average Bonchev–Trinajstić information content (AvgIpc) is 3.15. The Morgan fingerprint density at radius 3 is 2.42 bits per heavy atom. The zero-order chi connectivity index (χ0) is 21.3. The summed E-state index contributed by atoms with van der Waals surface area (Å²) in [6.45, 7) is 0.536. The van der Waals surface area contributed by atoms with Crippen LogP contribution in [0.3, 0.4) is 0 Å². The van der Waals surface area contributed by atoms with E-state index in [2.05, 4.69) is 52.1 Å². The second kappa shape index (κ2) is 8.20. The third-order valence-electron chi connectivity index (χ3n) is 6.25. The molecule has 1 fully saturated rings. The van der Waals surface area contributed by atoms with Crippen molar-refractivity contribution in [1.29, 1.82) is 0 Å². The van der Waals surface area contributed by atoms with Gasteiger partial charge in [-0.2, -0.15) is 0 Å². The van der Waals surface area contributed by atoms with Gasteiger partial charge in [0.25, 0.3) is 0 Å². The zero-order valence-electron chi connectivity index (χ0n) is 17.5. The highest BCUT2D eigenvalue weighted by molar-refractivity contribution is 6.30.